The molecular weight excluding hydrogens is 296 g/mol. The third kappa shape index (κ3) is 2.78. The van der Waals surface area contributed by atoms with Gasteiger partial charge in [-0.3, -0.25) is 9.48 Å². The number of aromatic nitrogens is 3. The molecule has 0 atom stereocenters. The number of rotatable bonds is 4. The molecule has 2 heterocycles. The van der Waals surface area contributed by atoms with Gasteiger partial charge in [-0.05, 0) is 36.6 Å². The first-order valence-electron chi connectivity index (χ1n) is 6.80. The number of hydrogen-bond acceptors (Lipinski definition) is 3. The van der Waals surface area contributed by atoms with Gasteiger partial charge in [-0.2, -0.15) is 5.10 Å². The Balaban J connectivity index is 1.90. The Kier molecular flexibility index (Phi) is 4.02. The van der Waals surface area contributed by atoms with Gasteiger partial charge in [-0.15, -0.1) is 11.8 Å². The van der Waals surface area contributed by atoms with E-state index >= 15 is 0 Å². The third-order valence-electron chi connectivity index (χ3n) is 3.33. The van der Waals surface area contributed by atoms with E-state index in [1.54, 1.807) is 22.6 Å². The van der Waals surface area contributed by atoms with Crippen molar-refractivity contribution >= 4 is 23.4 Å². The minimum Gasteiger partial charge on any atom is -0.322 e. The summed E-state index contributed by atoms with van der Waals surface area (Å²) in [6, 6.07) is 11.6. The zero-order valence-corrected chi connectivity index (χ0v) is 13.2. The molecule has 0 bridgehead atoms. The van der Waals surface area contributed by atoms with Gasteiger partial charge in [0, 0.05) is 30.0 Å². The smallest absolute Gasteiger partial charge is 0.261 e. The molecule has 3 aromatic rings. The largest absolute Gasteiger partial charge is 0.322 e. The molecule has 5 nitrogen and oxygen atoms in total. The number of hydrogen-bond donors (Lipinski definition) is 1. The minimum atomic E-state index is -0.171. The first-order valence-corrected chi connectivity index (χ1v) is 8.02. The number of anilines is 1. The quantitative estimate of drug-likeness (QED) is 0.753. The molecule has 6 heteroatoms. The van der Waals surface area contributed by atoms with Gasteiger partial charge in [0.15, 0.2) is 0 Å². The van der Waals surface area contributed by atoms with Crippen LogP contribution in [0.2, 0.25) is 0 Å². The summed E-state index contributed by atoms with van der Waals surface area (Å²) in [5, 5.41) is 7.13. The maximum Gasteiger partial charge on any atom is 0.261 e. The van der Waals surface area contributed by atoms with Crippen LogP contribution in [0.3, 0.4) is 0 Å². The van der Waals surface area contributed by atoms with E-state index in [1.807, 2.05) is 66.7 Å². The van der Waals surface area contributed by atoms with Crippen LogP contribution in [0.1, 0.15) is 10.4 Å². The Hall–Kier alpha value is -2.47. The van der Waals surface area contributed by atoms with Crippen molar-refractivity contribution in [2.75, 3.05) is 11.6 Å². The average molecular weight is 312 g/mol. The number of nitrogens with one attached hydrogen (secondary N) is 1. The van der Waals surface area contributed by atoms with Crippen molar-refractivity contribution in [1.29, 1.82) is 0 Å². The van der Waals surface area contributed by atoms with Crippen LogP contribution in [0.15, 0.2) is 59.9 Å². The average Bonchev–Trinajstić information content (AvgIpc) is 3.16. The summed E-state index contributed by atoms with van der Waals surface area (Å²) < 4.78 is 3.56. The summed E-state index contributed by atoms with van der Waals surface area (Å²) in [6.45, 7) is 0. The molecule has 0 aliphatic rings. The predicted octanol–water partition coefficient (Wildman–Crippen LogP) is 3.19. The molecule has 0 saturated carbocycles. The molecule has 22 heavy (non-hydrogen) atoms. The normalized spacial score (nSPS) is 10.6. The lowest BCUT2D eigenvalue weighted by molar-refractivity contribution is 0.102. The Morgan fingerprint density at radius 1 is 1.23 bits per heavy atom. The molecule has 112 valence electrons. The van der Waals surface area contributed by atoms with Gasteiger partial charge >= 0.3 is 0 Å². The number of aryl methyl sites for hydroxylation is 1. The Labute approximate surface area is 133 Å². The summed E-state index contributed by atoms with van der Waals surface area (Å²) in [7, 11) is 1.82. The first kappa shape index (κ1) is 14.5. The van der Waals surface area contributed by atoms with Crippen LogP contribution >= 0.6 is 11.8 Å². The van der Waals surface area contributed by atoms with E-state index in [9.17, 15) is 4.79 Å². The van der Waals surface area contributed by atoms with E-state index in [2.05, 4.69) is 10.4 Å². The van der Waals surface area contributed by atoms with Crippen LogP contribution in [-0.2, 0) is 7.05 Å². The maximum absolute atomic E-state index is 12.6. The van der Waals surface area contributed by atoms with Crippen molar-refractivity contribution < 1.29 is 4.79 Å². The molecule has 0 saturated heterocycles. The molecule has 1 amide bonds. The van der Waals surface area contributed by atoms with Gasteiger partial charge in [0.2, 0.25) is 0 Å². The number of carbonyl (C=O) groups is 1. The number of benzene rings is 1. The fraction of sp³-hybridized carbons (Fsp3) is 0.125. The molecule has 0 spiro atoms. The summed E-state index contributed by atoms with van der Waals surface area (Å²) in [6.07, 6.45) is 7.37. The molecule has 1 aromatic carbocycles. The second-order valence-corrected chi connectivity index (χ2v) is 5.66. The van der Waals surface area contributed by atoms with Crippen LogP contribution in [0, 0.1) is 0 Å². The van der Waals surface area contributed by atoms with Crippen molar-refractivity contribution in [3.63, 3.8) is 0 Å². The SMILES string of the molecule is CSc1cccc(NC(=O)c2cnn(C)c2-n2cccc2)c1. The van der Waals surface area contributed by atoms with Crippen molar-refractivity contribution in [1.82, 2.24) is 14.3 Å². The molecule has 1 N–H and O–H groups in total. The summed E-state index contributed by atoms with van der Waals surface area (Å²) >= 11 is 1.64. The van der Waals surface area contributed by atoms with Crippen LogP contribution in [0.4, 0.5) is 5.69 Å². The molecule has 0 aliphatic carbocycles. The Morgan fingerprint density at radius 2 is 2.00 bits per heavy atom. The highest BCUT2D eigenvalue weighted by atomic mass is 32.2. The van der Waals surface area contributed by atoms with Gasteiger partial charge in [-0.1, -0.05) is 6.07 Å². The fourth-order valence-electron chi connectivity index (χ4n) is 2.27. The molecular formula is C16H16N4OS. The number of carbonyl (C=O) groups excluding carboxylic acids is 1. The lowest BCUT2D eigenvalue weighted by Crippen LogP contribution is -2.15. The standard InChI is InChI=1S/C16H16N4OS/c1-19-16(20-8-3-4-9-20)14(11-17-19)15(21)18-12-6-5-7-13(10-12)22-2/h3-11H,1-2H3,(H,18,21). The zero-order valence-electron chi connectivity index (χ0n) is 12.4. The topological polar surface area (TPSA) is 51.9 Å². The highest BCUT2D eigenvalue weighted by Crippen LogP contribution is 2.21. The highest BCUT2D eigenvalue weighted by Gasteiger charge is 2.17. The molecule has 0 fully saturated rings. The minimum absolute atomic E-state index is 0.171. The summed E-state index contributed by atoms with van der Waals surface area (Å²) in [5.41, 5.74) is 1.31. The van der Waals surface area contributed by atoms with Gasteiger partial charge in [-0.25, -0.2) is 0 Å². The predicted molar refractivity (Wildman–Crippen MR) is 88.7 cm³/mol. The van der Waals surface area contributed by atoms with Crippen molar-refractivity contribution in [2.24, 2.45) is 7.05 Å². The highest BCUT2D eigenvalue weighted by molar-refractivity contribution is 7.98. The fourth-order valence-corrected chi connectivity index (χ4v) is 2.73. The van der Waals surface area contributed by atoms with E-state index in [4.69, 9.17) is 0 Å². The van der Waals surface area contributed by atoms with E-state index < -0.39 is 0 Å². The van der Waals surface area contributed by atoms with E-state index in [1.165, 1.54) is 0 Å². The maximum atomic E-state index is 12.6. The molecule has 3 rings (SSSR count). The van der Waals surface area contributed by atoms with Gasteiger partial charge < -0.3 is 9.88 Å². The Morgan fingerprint density at radius 3 is 2.73 bits per heavy atom. The molecule has 0 unspecified atom stereocenters. The lowest BCUT2D eigenvalue weighted by atomic mass is 10.2. The van der Waals surface area contributed by atoms with Gasteiger partial charge in [0.05, 0.1) is 6.20 Å². The van der Waals surface area contributed by atoms with Crippen LogP contribution in [0.5, 0.6) is 0 Å². The Bertz CT molecular complexity index is 792. The number of amides is 1. The van der Waals surface area contributed by atoms with Crippen LogP contribution < -0.4 is 5.32 Å². The van der Waals surface area contributed by atoms with Crippen molar-refractivity contribution in [2.45, 2.75) is 4.90 Å². The van der Waals surface area contributed by atoms with Gasteiger partial charge in [0.25, 0.3) is 5.91 Å². The van der Waals surface area contributed by atoms with Crippen LogP contribution in [-0.4, -0.2) is 26.5 Å². The van der Waals surface area contributed by atoms with E-state index in [0.29, 0.717) is 5.56 Å². The second-order valence-electron chi connectivity index (χ2n) is 4.78. The monoisotopic (exact) mass is 312 g/mol. The molecule has 0 radical (unpaired) electrons. The van der Waals surface area contributed by atoms with Crippen molar-refractivity contribution in [3.8, 4) is 5.82 Å². The molecule has 0 aliphatic heterocycles. The van der Waals surface area contributed by atoms with E-state index in [0.717, 1.165) is 16.4 Å². The molecule has 2 aromatic heterocycles. The third-order valence-corrected chi connectivity index (χ3v) is 4.05. The van der Waals surface area contributed by atoms with Crippen molar-refractivity contribution in [3.05, 3.63) is 60.6 Å². The first-order chi connectivity index (χ1) is 10.7. The zero-order chi connectivity index (χ0) is 15.5. The lowest BCUT2D eigenvalue weighted by Gasteiger charge is -2.09. The number of thioether (sulfide) groups is 1. The summed E-state index contributed by atoms with van der Waals surface area (Å²) in [4.78, 5) is 13.7. The van der Waals surface area contributed by atoms with E-state index in [-0.39, 0.29) is 5.91 Å². The second kappa shape index (κ2) is 6.11. The number of nitrogens with zero attached hydrogens (tertiary/aromatic N) is 3. The van der Waals surface area contributed by atoms with Crippen LogP contribution in [0.25, 0.3) is 5.82 Å². The van der Waals surface area contributed by atoms with Gasteiger partial charge in [0.1, 0.15) is 11.4 Å². The summed E-state index contributed by atoms with van der Waals surface area (Å²) in [5.74, 6) is 0.568.